The van der Waals surface area contributed by atoms with Crippen LogP contribution in [0.3, 0.4) is 0 Å². The summed E-state index contributed by atoms with van der Waals surface area (Å²) in [5.74, 6) is 1.16. The maximum Gasteiger partial charge on any atom is 0.229 e. The molecule has 1 atom stereocenters. The van der Waals surface area contributed by atoms with Crippen LogP contribution in [0.1, 0.15) is 18.1 Å². The molecule has 0 saturated carbocycles. The molecule has 0 aliphatic carbocycles. The van der Waals surface area contributed by atoms with Crippen molar-refractivity contribution in [3.63, 3.8) is 0 Å². The predicted molar refractivity (Wildman–Crippen MR) is 119 cm³/mol. The second kappa shape index (κ2) is 8.40. The molecule has 1 aliphatic rings. The van der Waals surface area contributed by atoms with Gasteiger partial charge < -0.3 is 15.0 Å². The van der Waals surface area contributed by atoms with Gasteiger partial charge in [0.1, 0.15) is 5.75 Å². The van der Waals surface area contributed by atoms with Gasteiger partial charge in [0.15, 0.2) is 5.65 Å². The fourth-order valence-corrected chi connectivity index (χ4v) is 4.64. The van der Waals surface area contributed by atoms with Crippen molar-refractivity contribution in [2.24, 2.45) is 0 Å². The van der Waals surface area contributed by atoms with E-state index in [-0.39, 0.29) is 6.04 Å². The molecule has 0 amide bonds. The molecule has 2 N–H and O–H groups in total. The van der Waals surface area contributed by atoms with Crippen LogP contribution in [-0.2, 0) is 29.5 Å². The Balaban J connectivity index is 1.61. The van der Waals surface area contributed by atoms with Gasteiger partial charge in [-0.3, -0.25) is 0 Å². The maximum absolute atomic E-state index is 11.5. The Labute approximate surface area is 181 Å². The molecular weight excluding hydrogens is 418 g/mol. The number of hydrogen-bond donors (Lipinski definition) is 2. The van der Waals surface area contributed by atoms with Crippen molar-refractivity contribution in [3.05, 3.63) is 35.7 Å². The second-order valence-electron chi connectivity index (χ2n) is 8.02. The minimum Gasteiger partial charge on any atom is -0.495 e. The Morgan fingerprint density at radius 2 is 2.06 bits per heavy atom. The van der Waals surface area contributed by atoms with E-state index in [0.29, 0.717) is 18.1 Å². The average Bonchev–Trinajstić information content (AvgIpc) is 3.08. The third kappa shape index (κ3) is 4.94. The molecule has 166 valence electrons. The Hall–Kier alpha value is -2.76. The fraction of sp³-hybridized carbons (Fsp3) is 0.450. The molecule has 0 radical (unpaired) electrons. The standard InChI is InChI=1S/C20H27N7O3S/c1-13(25-31(4,28)29)11-27-19-16(10-22-27)9-21-20(24-19)23-17-7-15-12-26(2)6-5-14(15)8-18(17)30-3/h7-10,13,25H,5-6,11-12H2,1-4H3,(H,21,23,24). The van der Waals surface area contributed by atoms with Crippen LogP contribution in [-0.4, -0.2) is 66.1 Å². The Kier molecular flexibility index (Phi) is 5.82. The number of nitrogens with one attached hydrogen (secondary N) is 2. The minimum absolute atomic E-state index is 0.331. The number of likely N-dealkylation sites (N-methyl/N-ethyl adjacent to an activating group) is 1. The highest BCUT2D eigenvalue weighted by Crippen LogP contribution is 2.33. The van der Waals surface area contributed by atoms with Gasteiger partial charge in [-0.25, -0.2) is 22.8 Å². The summed E-state index contributed by atoms with van der Waals surface area (Å²) in [5.41, 5.74) is 3.97. The van der Waals surface area contributed by atoms with Crippen LogP contribution in [0.25, 0.3) is 11.0 Å². The number of aromatic nitrogens is 4. The summed E-state index contributed by atoms with van der Waals surface area (Å²) in [6.07, 6.45) is 5.49. The van der Waals surface area contributed by atoms with E-state index < -0.39 is 10.0 Å². The van der Waals surface area contributed by atoms with Crippen molar-refractivity contribution < 1.29 is 13.2 Å². The number of sulfonamides is 1. The number of nitrogens with zero attached hydrogens (tertiary/aromatic N) is 5. The van der Waals surface area contributed by atoms with Crippen molar-refractivity contribution in [3.8, 4) is 5.75 Å². The third-order valence-corrected chi connectivity index (χ3v) is 6.04. The van der Waals surface area contributed by atoms with Gasteiger partial charge in [-0.2, -0.15) is 10.1 Å². The number of methoxy groups -OCH3 is 1. The van der Waals surface area contributed by atoms with E-state index in [0.717, 1.165) is 42.6 Å². The molecule has 0 fully saturated rings. The molecule has 4 rings (SSSR count). The van der Waals surface area contributed by atoms with E-state index in [2.05, 4.69) is 49.2 Å². The maximum atomic E-state index is 11.5. The Morgan fingerprint density at radius 3 is 2.81 bits per heavy atom. The van der Waals surface area contributed by atoms with Crippen LogP contribution in [0.2, 0.25) is 0 Å². The first-order chi connectivity index (χ1) is 14.7. The van der Waals surface area contributed by atoms with Gasteiger partial charge in [-0.1, -0.05) is 0 Å². The number of benzene rings is 1. The van der Waals surface area contributed by atoms with Gasteiger partial charge in [0, 0.05) is 25.3 Å². The Bertz CT molecular complexity index is 1210. The summed E-state index contributed by atoms with van der Waals surface area (Å²) in [5, 5.41) is 8.38. The predicted octanol–water partition coefficient (Wildman–Crippen LogP) is 1.50. The van der Waals surface area contributed by atoms with E-state index in [9.17, 15) is 8.42 Å². The van der Waals surface area contributed by atoms with Crippen LogP contribution in [0.4, 0.5) is 11.6 Å². The molecule has 3 aromatic rings. The van der Waals surface area contributed by atoms with Crippen molar-refractivity contribution in [2.75, 3.05) is 32.3 Å². The van der Waals surface area contributed by atoms with Gasteiger partial charge >= 0.3 is 0 Å². The summed E-state index contributed by atoms with van der Waals surface area (Å²) in [4.78, 5) is 11.3. The first-order valence-corrected chi connectivity index (χ1v) is 11.9. The molecule has 2 aromatic heterocycles. The molecular formula is C20H27N7O3S. The topological polar surface area (TPSA) is 114 Å². The quantitative estimate of drug-likeness (QED) is 0.562. The molecule has 31 heavy (non-hydrogen) atoms. The number of hydrogen-bond acceptors (Lipinski definition) is 8. The first-order valence-electron chi connectivity index (χ1n) is 10.0. The zero-order valence-electron chi connectivity index (χ0n) is 18.1. The highest BCUT2D eigenvalue weighted by atomic mass is 32.2. The molecule has 1 aromatic carbocycles. The zero-order valence-corrected chi connectivity index (χ0v) is 18.9. The van der Waals surface area contributed by atoms with Crippen LogP contribution in [0.15, 0.2) is 24.5 Å². The number of rotatable bonds is 7. The van der Waals surface area contributed by atoms with Crippen molar-refractivity contribution in [1.29, 1.82) is 0 Å². The number of anilines is 2. The summed E-state index contributed by atoms with van der Waals surface area (Å²) in [6.45, 7) is 4.04. The summed E-state index contributed by atoms with van der Waals surface area (Å²) in [7, 11) is 0.458. The van der Waals surface area contributed by atoms with Crippen LogP contribution >= 0.6 is 0 Å². The van der Waals surface area contributed by atoms with E-state index in [4.69, 9.17) is 4.74 Å². The minimum atomic E-state index is -3.30. The van der Waals surface area contributed by atoms with Crippen molar-refractivity contribution in [2.45, 2.75) is 32.5 Å². The molecule has 3 heterocycles. The monoisotopic (exact) mass is 445 g/mol. The van der Waals surface area contributed by atoms with E-state index in [1.807, 2.05) is 0 Å². The summed E-state index contributed by atoms with van der Waals surface area (Å²) < 4.78 is 32.8. The molecule has 1 aliphatic heterocycles. The van der Waals surface area contributed by atoms with Gasteiger partial charge in [0.25, 0.3) is 0 Å². The van der Waals surface area contributed by atoms with E-state index >= 15 is 0 Å². The molecule has 10 nitrogen and oxygen atoms in total. The SMILES string of the molecule is COc1cc2c(cc1Nc1ncc3cnn(CC(C)NS(C)(=O)=O)c3n1)CN(C)CC2. The highest BCUT2D eigenvalue weighted by molar-refractivity contribution is 7.88. The van der Waals surface area contributed by atoms with Gasteiger partial charge in [0.2, 0.25) is 16.0 Å². The van der Waals surface area contributed by atoms with Gasteiger partial charge in [0.05, 0.1) is 37.2 Å². The number of ether oxygens (including phenoxy) is 1. The lowest BCUT2D eigenvalue weighted by Crippen LogP contribution is -2.35. The molecule has 0 bridgehead atoms. The van der Waals surface area contributed by atoms with Gasteiger partial charge in [-0.15, -0.1) is 0 Å². The smallest absolute Gasteiger partial charge is 0.229 e. The van der Waals surface area contributed by atoms with Crippen molar-refractivity contribution in [1.82, 2.24) is 29.4 Å². The third-order valence-electron chi connectivity index (χ3n) is 5.21. The van der Waals surface area contributed by atoms with E-state index in [1.54, 1.807) is 31.1 Å². The van der Waals surface area contributed by atoms with Crippen molar-refractivity contribution >= 4 is 32.7 Å². The lowest BCUT2D eigenvalue weighted by atomic mass is 9.99. The molecule has 11 heteroatoms. The average molecular weight is 446 g/mol. The second-order valence-corrected chi connectivity index (χ2v) is 9.80. The summed E-state index contributed by atoms with van der Waals surface area (Å²) >= 11 is 0. The van der Waals surface area contributed by atoms with E-state index in [1.165, 1.54) is 11.1 Å². The first kappa shape index (κ1) is 21.5. The van der Waals surface area contributed by atoms with Gasteiger partial charge in [-0.05, 0) is 43.7 Å². The fourth-order valence-electron chi connectivity index (χ4n) is 3.84. The lowest BCUT2D eigenvalue weighted by molar-refractivity contribution is 0.312. The largest absolute Gasteiger partial charge is 0.495 e. The summed E-state index contributed by atoms with van der Waals surface area (Å²) in [6, 6.07) is 3.83. The molecule has 0 saturated heterocycles. The van der Waals surface area contributed by atoms with Crippen LogP contribution in [0, 0.1) is 0 Å². The van der Waals surface area contributed by atoms with Crippen LogP contribution in [0.5, 0.6) is 5.75 Å². The normalized spacial score (nSPS) is 15.6. The lowest BCUT2D eigenvalue weighted by Gasteiger charge is -2.26. The number of fused-ring (bicyclic) bond motifs is 2. The molecule has 0 spiro atoms. The highest BCUT2D eigenvalue weighted by Gasteiger charge is 2.18. The Morgan fingerprint density at radius 1 is 1.26 bits per heavy atom. The van der Waals surface area contributed by atoms with Crippen LogP contribution < -0.4 is 14.8 Å². The molecule has 1 unspecified atom stereocenters. The zero-order chi connectivity index (χ0) is 22.2.